The summed E-state index contributed by atoms with van der Waals surface area (Å²) in [4.78, 5) is 9.29. The Bertz CT molecular complexity index is 422. The molecule has 4 nitrogen and oxygen atoms in total. The fraction of sp³-hybridized carbons (Fsp3) is 0.750. The molecule has 0 atom stereocenters. The number of hydrogen-bond donors (Lipinski definition) is 2. The number of anilines is 2. The van der Waals surface area contributed by atoms with Crippen LogP contribution in [0.5, 0.6) is 0 Å². The standard InChI is InChI=1S/C16H30N4/c1-8-16(9-2,10-3)20-13-11-12(17-7)18-14(19-13)15(4,5)6/h11H,8-10H2,1-7H3,(H2,17,18,19,20). The van der Waals surface area contributed by atoms with Gasteiger partial charge in [0.2, 0.25) is 0 Å². The van der Waals surface area contributed by atoms with E-state index in [4.69, 9.17) is 4.98 Å². The average molecular weight is 278 g/mol. The summed E-state index contributed by atoms with van der Waals surface area (Å²) in [5, 5.41) is 6.77. The first-order valence-electron chi connectivity index (χ1n) is 7.65. The Morgan fingerprint density at radius 3 is 1.85 bits per heavy atom. The summed E-state index contributed by atoms with van der Waals surface area (Å²) in [5.41, 5.74) is 0.0606. The Labute approximate surface area is 123 Å². The largest absolute Gasteiger partial charge is 0.373 e. The molecule has 0 aliphatic heterocycles. The van der Waals surface area contributed by atoms with Crippen LogP contribution < -0.4 is 10.6 Å². The van der Waals surface area contributed by atoms with Crippen molar-refractivity contribution in [2.75, 3.05) is 17.7 Å². The normalized spacial score (nSPS) is 12.3. The highest BCUT2D eigenvalue weighted by atomic mass is 15.1. The maximum Gasteiger partial charge on any atom is 0.138 e. The molecular formula is C16H30N4. The highest BCUT2D eigenvalue weighted by molar-refractivity contribution is 5.49. The fourth-order valence-electron chi connectivity index (χ4n) is 2.26. The number of hydrogen-bond acceptors (Lipinski definition) is 4. The van der Waals surface area contributed by atoms with Gasteiger partial charge in [0, 0.05) is 24.1 Å². The molecule has 0 saturated heterocycles. The molecule has 1 aromatic heterocycles. The van der Waals surface area contributed by atoms with Gasteiger partial charge < -0.3 is 10.6 Å². The van der Waals surface area contributed by atoms with Crippen LogP contribution >= 0.6 is 0 Å². The highest BCUT2D eigenvalue weighted by Crippen LogP contribution is 2.27. The second kappa shape index (κ2) is 6.42. The van der Waals surface area contributed by atoms with Gasteiger partial charge in [-0.2, -0.15) is 0 Å². The molecule has 0 unspecified atom stereocenters. The van der Waals surface area contributed by atoms with Crippen LogP contribution in [-0.4, -0.2) is 22.6 Å². The maximum atomic E-state index is 4.72. The molecule has 1 rings (SSSR count). The minimum Gasteiger partial charge on any atom is -0.373 e. The van der Waals surface area contributed by atoms with E-state index >= 15 is 0 Å². The zero-order valence-electron chi connectivity index (χ0n) is 14.1. The summed E-state index contributed by atoms with van der Waals surface area (Å²) in [5.74, 6) is 2.65. The van der Waals surface area contributed by atoms with Crippen molar-refractivity contribution < 1.29 is 0 Å². The number of aromatic nitrogens is 2. The van der Waals surface area contributed by atoms with Gasteiger partial charge in [0.25, 0.3) is 0 Å². The first kappa shape index (κ1) is 16.7. The van der Waals surface area contributed by atoms with Crippen LogP contribution in [0, 0.1) is 0 Å². The SMILES string of the molecule is CCC(CC)(CC)Nc1cc(NC)nc(C(C)(C)C)n1. The predicted molar refractivity (Wildman–Crippen MR) is 87.5 cm³/mol. The van der Waals surface area contributed by atoms with Crippen molar-refractivity contribution in [2.45, 2.75) is 71.8 Å². The third-order valence-corrected chi connectivity index (χ3v) is 4.08. The molecule has 2 N–H and O–H groups in total. The Hall–Kier alpha value is -1.32. The maximum absolute atomic E-state index is 4.72. The lowest BCUT2D eigenvalue weighted by Crippen LogP contribution is -2.36. The van der Waals surface area contributed by atoms with Crippen LogP contribution in [0.4, 0.5) is 11.6 Å². The van der Waals surface area contributed by atoms with Gasteiger partial charge in [-0.15, -0.1) is 0 Å². The van der Waals surface area contributed by atoms with Crippen molar-refractivity contribution >= 4 is 11.6 Å². The van der Waals surface area contributed by atoms with E-state index in [1.807, 2.05) is 13.1 Å². The molecule has 0 saturated carbocycles. The molecule has 1 aromatic rings. The number of nitrogens with zero attached hydrogens (tertiary/aromatic N) is 2. The lowest BCUT2D eigenvalue weighted by Gasteiger charge is -2.33. The summed E-state index contributed by atoms with van der Waals surface area (Å²) in [6, 6.07) is 1.99. The predicted octanol–water partition coefficient (Wildman–Crippen LogP) is 4.20. The summed E-state index contributed by atoms with van der Waals surface area (Å²) < 4.78 is 0. The second-order valence-electron chi connectivity index (χ2n) is 6.43. The molecule has 0 spiro atoms. The van der Waals surface area contributed by atoms with Crippen molar-refractivity contribution in [3.05, 3.63) is 11.9 Å². The Kier molecular flexibility index (Phi) is 5.37. The summed E-state index contributed by atoms with van der Waals surface area (Å²) in [6.45, 7) is 13.1. The molecule has 1 heterocycles. The van der Waals surface area contributed by atoms with Gasteiger partial charge >= 0.3 is 0 Å². The zero-order valence-corrected chi connectivity index (χ0v) is 14.1. The molecule has 0 fully saturated rings. The second-order valence-corrected chi connectivity index (χ2v) is 6.43. The summed E-state index contributed by atoms with van der Waals surface area (Å²) >= 11 is 0. The lowest BCUT2D eigenvalue weighted by atomic mass is 9.90. The van der Waals surface area contributed by atoms with E-state index < -0.39 is 0 Å². The van der Waals surface area contributed by atoms with E-state index in [0.29, 0.717) is 0 Å². The zero-order chi connectivity index (χ0) is 15.4. The molecule has 114 valence electrons. The molecule has 0 aromatic carbocycles. The molecule has 0 aliphatic carbocycles. The van der Waals surface area contributed by atoms with Gasteiger partial charge in [-0.05, 0) is 19.3 Å². The quantitative estimate of drug-likeness (QED) is 0.819. The van der Waals surface area contributed by atoms with Gasteiger partial charge in [0.1, 0.15) is 17.5 Å². The highest BCUT2D eigenvalue weighted by Gasteiger charge is 2.25. The summed E-state index contributed by atoms with van der Waals surface area (Å²) in [7, 11) is 1.89. The van der Waals surface area contributed by atoms with Crippen LogP contribution in [0.1, 0.15) is 66.6 Å². The minimum absolute atomic E-state index is 0.0589. The van der Waals surface area contributed by atoms with Crippen LogP contribution in [0.25, 0.3) is 0 Å². The molecule has 20 heavy (non-hydrogen) atoms. The van der Waals surface area contributed by atoms with Gasteiger partial charge in [0.15, 0.2) is 0 Å². The summed E-state index contributed by atoms with van der Waals surface area (Å²) in [6.07, 6.45) is 3.26. The van der Waals surface area contributed by atoms with Crippen molar-refractivity contribution in [3.8, 4) is 0 Å². The van der Waals surface area contributed by atoms with Gasteiger partial charge in [-0.25, -0.2) is 9.97 Å². The van der Waals surface area contributed by atoms with Crippen molar-refractivity contribution in [2.24, 2.45) is 0 Å². The fourth-order valence-corrected chi connectivity index (χ4v) is 2.26. The van der Waals surface area contributed by atoms with Crippen LogP contribution in [0.15, 0.2) is 6.07 Å². The third kappa shape index (κ3) is 3.84. The molecule has 0 amide bonds. The van der Waals surface area contributed by atoms with E-state index in [9.17, 15) is 0 Å². The number of nitrogens with one attached hydrogen (secondary N) is 2. The van der Waals surface area contributed by atoms with Crippen molar-refractivity contribution in [1.82, 2.24) is 9.97 Å². The molecule has 0 aliphatic rings. The first-order valence-corrected chi connectivity index (χ1v) is 7.65. The molecule has 4 heteroatoms. The van der Waals surface area contributed by atoms with Gasteiger partial charge in [-0.1, -0.05) is 41.5 Å². The Balaban J connectivity index is 3.18. The topological polar surface area (TPSA) is 49.8 Å². The molecule has 0 radical (unpaired) electrons. The van der Waals surface area contributed by atoms with E-state index in [1.54, 1.807) is 0 Å². The van der Waals surface area contributed by atoms with E-state index in [1.165, 1.54) is 0 Å². The van der Waals surface area contributed by atoms with Crippen LogP contribution in [0.3, 0.4) is 0 Å². The van der Waals surface area contributed by atoms with Crippen molar-refractivity contribution in [3.63, 3.8) is 0 Å². The third-order valence-electron chi connectivity index (χ3n) is 4.08. The molecular weight excluding hydrogens is 248 g/mol. The van der Waals surface area contributed by atoms with Gasteiger partial charge in [-0.3, -0.25) is 0 Å². The minimum atomic E-state index is -0.0589. The van der Waals surface area contributed by atoms with Crippen LogP contribution in [0.2, 0.25) is 0 Å². The van der Waals surface area contributed by atoms with E-state index in [0.717, 1.165) is 36.7 Å². The lowest BCUT2D eigenvalue weighted by molar-refractivity contribution is 0.418. The Morgan fingerprint density at radius 2 is 1.45 bits per heavy atom. The van der Waals surface area contributed by atoms with Gasteiger partial charge in [0.05, 0.1) is 0 Å². The number of rotatable bonds is 6. The van der Waals surface area contributed by atoms with Crippen LogP contribution in [-0.2, 0) is 5.41 Å². The first-order chi connectivity index (χ1) is 9.30. The monoisotopic (exact) mass is 278 g/mol. The van der Waals surface area contributed by atoms with E-state index in [2.05, 4.69) is 57.2 Å². The van der Waals surface area contributed by atoms with Crippen molar-refractivity contribution in [1.29, 1.82) is 0 Å². The Morgan fingerprint density at radius 1 is 0.950 bits per heavy atom. The average Bonchev–Trinajstić information content (AvgIpc) is 2.43. The smallest absolute Gasteiger partial charge is 0.138 e. The van der Waals surface area contributed by atoms with E-state index in [-0.39, 0.29) is 11.0 Å². The molecule has 0 bridgehead atoms.